The van der Waals surface area contributed by atoms with Crippen molar-refractivity contribution >= 4 is 29.3 Å². The van der Waals surface area contributed by atoms with Gasteiger partial charge >= 0.3 is 0 Å². The minimum atomic E-state index is -0.371. The van der Waals surface area contributed by atoms with Gasteiger partial charge < -0.3 is 15.2 Å². The number of benzene rings is 2. The van der Waals surface area contributed by atoms with Crippen molar-refractivity contribution in [2.24, 2.45) is 0 Å². The molecule has 0 aliphatic heterocycles. The number of nitrogens with one attached hydrogen (secondary N) is 2. The van der Waals surface area contributed by atoms with Crippen LogP contribution in [0.2, 0.25) is 0 Å². The number of carbonyl (C=O) groups is 2. The van der Waals surface area contributed by atoms with Crippen LogP contribution in [0.1, 0.15) is 40.3 Å². The molecule has 7 nitrogen and oxygen atoms in total. The summed E-state index contributed by atoms with van der Waals surface area (Å²) >= 11 is 1.29. The molecule has 0 unspecified atom stereocenters. The van der Waals surface area contributed by atoms with E-state index in [0.717, 1.165) is 16.8 Å². The second-order valence-electron chi connectivity index (χ2n) is 7.40. The third-order valence-corrected chi connectivity index (χ3v) is 5.90. The molecule has 2 N–H and O–H groups in total. The van der Waals surface area contributed by atoms with Crippen LogP contribution in [-0.4, -0.2) is 32.3 Å². The molecule has 166 valence electrons. The second kappa shape index (κ2) is 10.8. The quantitative estimate of drug-likeness (QED) is 0.376. The Bertz CT molecular complexity index is 1130. The SMILES string of the molecule is C=CCn1c(SCC(=O)Nc2ccccc2C)nnc1[C@H](C)NC(=O)c1ccccc1C. The number of allylic oxidation sites excluding steroid dienone is 1. The number of para-hydroxylation sites is 1. The molecular formula is C24H27N5O2S. The Labute approximate surface area is 192 Å². The molecule has 3 rings (SSSR count). The number of thioether (sulfide) groups is 1. The lowest BCUT2D eigenvalue weighted by Crippen LogP contribution is -2.29. The topological polar surface area (TPSA) is 88.9 Å². The van der Waals surface area contributed by atoms with Crippen molar-refractivity contribution in [1.29, 1.82) is 0 Å². The van der Waals surface area contributed by atoms with E-state index in [1.54, 1.807) is 12.1 Å². The van der Waals surface area contributed by atoms with Crippen molar-refractivity contribution in [2.45, 2.75) is 38.5 Å². The monoisotopic (exact) mass is 449 g/mol. The molecule has 32 heavy (non-hydrogen) atoms. The number of aromatic nitrogens is 3. The number of aryl methyl sites for hydroxylation is 2. The predicted molar refractivity (Wildman–Crippen MR) is 128 cm³/mol. The maximum Gasteiger partial charge on any atom is 0.252 e. The fraction of sp³-hybridized carbons (Fsp3) is 0.250. The molecule has 0 saturated carbocycles. The highest BCUT2D eigenvalue weighted by Crippen LogP contribution is 2.22. The molecule has 0 fully saturated rings. The van der Waals surface area contributed by atoms with Gasteiger partial charge in [0.1, 0.15) is 0 Å². The molecule has 0 saturated heterocycles. The largest absolute Gasteiger partial charge is 0.342 e. The van der Waals surface area contributed by atoms with E-state index in [1.165, 1.54) is 11.8 Å². The van der Waals surface area contributed by atoms with Gasteiger partial charge in [-0.2, -0.15) is 0 Å². The van der Waals surface area contributed by atoms with Gasteiger partial charge in [-0.25, -0.2) is 0 Å². The van der Waals surface area contributed by atoms with Crippen LogP contribution in [0.5, 0.6) is 0 Å². The van der Waals surface area contributed by atoms with E-state index in [1.807, 2.05) is 67.8 Å². The Morgan fingerprint density at radius 1 is 1.09 bits per heavy atom. The molecule has 1 atom stereocenters. The van der Waals surface area contributed by atoms with E-state index >= 15 is 0 Å². The zero-order valence-corrected chi connectivity index (χ0v) is 19.3. The second-order valence-corrected chi connectivity index (χ2v) is 8.34. The number of rotatable bonds is 9. The number of hydrogen-bond acceptors (Lipinski definition) is 5. The van der Waals surface area contributed by atoms with Gasteiger partial charge in [-0.3, -0.25) is 9.59 Å². The molecule has 3 aromatic rings. The summed E-state index contributed by atoms with van der Waals surface area (Å²) in [6.45, 7) is 9.98. The van der Waals surface area contributed by atoms with Crippen molar-refractivity contribution in [3.05, 3.63) is 83.7 Å². The molecule has 0 spiro atoms. The Morgan fingerprint density at radius 3 is 2.47 bits per heavy atom. The average molecular weight is 450 g/mol. The zero-order valence-electron chi connectivity index (χ0n) is 18.5. The minimum absolute atomic E-state index is 0.125. The van der Waals surface area contributed by atoms with E-state index in [9.17, 15) is 9.59 Å². The van der Waals surface area contributed by atoms with Gasteiger partial charge in [0.15, 0.2) is 11.0 Å². The van der Waals surface area contributed by atoms with Crippen molar-refractivity contribution < 1.29 is 9.59 Å². The Morgan fingerprint density at radius 2 is 1.78 bits per heavy atom. The molecule has 2 aromatic carbocycles. The van der Waals surface area contributed by atoms with Gasteiger partial charge in [0.2, 0.25) is 5.91 Å². The van der Waals surface area contributed by atoms with Crippen LogP contribution in [0.15, 0.2) is 66.3 Å². The summed E-state index contributed by atoms with van der Waals surface area (Å²) in [5, 5.41) is 15.0. The summed E-state index contributed by atoms with van der Waals surface area (Å²) in [4.78, 5) is 25.1. The van der Waals surface area contributed by atoms with Crippen LogP contribution in [-0.2, 0) is 11.3 Å². The number of anilines is 1. The number of hydrogen-bond donors (Lipinski definition) is 2. The molecular weight excluding hydrogens is 422 g/mol. The maximum absolute atomic E-state index is 12.7. The Kier molecular flexibility index (Phi) is 7.83. The molecule has 0 bridgehead atoms. The normalized spacial score (nSPS) is 11.6. The van der Waals surface area contributed by atoms with Crippen LogP contribution in [0.3, 0.4) is 0 Å². The molecule has 8 heteroatoms. The molecule has 0 aliphatic rings. The first-order valence-electron chi connectivity index (χ1n) is 10.3. The van der Waals surface area contributed by atoms with Gasteiger partial charge in [-0.15, -0.1) is 16.8 Å². The summed E-state index contributed by atoms with van der Waals surface area (Å²) in [7, 11) is 0. The lowest BCUT2D eigenvalue weighted by Gasteiger charge is -2.16. The molecule has 1 aromatic heterocycles. The predicted octanol–water partition coefficient (Wildman–Crippen LogP) is 4.30. The minimum Gasteiger partial charge on any atom is -0.342 e. The fourth-order valence-corrected chi connectivity index (χ4v) is 3.98. The molecule has 0 radical (unpaired) electrons. The van der Waals surface area contributed by atoms with Crippen LogP contribution in [0.25, 0.3) is 0 Å². The van der Waals surface area contributed by atoms with E-state index in [-0.39, 0.29) is 23.6 Å². The Balaban J connectivity index is 1.68. The van der Waals surface area contributed by atoms with Crippen LogP contribution in [0.4, 0.5) is 5.69 Å². The third-order valence-electron chi connectivity index (χ3n) is 4.93. The highest BCUT2D eigenvalue weighted by atomic mass is 32.2. The average Bonchev–Trinajstić information content (AvgIpc) is 3.17. The summed E-state index contributed by atoms with van der Waals surface area (Å²) < 4.78 is 1.86. The molecule has 1 heterocycles. The molecule has 0 aliphatic carbocycles. The van der Waals surface area contributed by atoms with Gasteiger partial charge in [0.25, 0.3) is 5.91 Å². The van der Waals surface area contributed by atoms with E-state index in [2.05, 4.69) is 27.4 Å². The number of amides is 2. The smallest absolute Gasteiger partial charge is 0.252 e. The summed E-state index contributed by atoms with van der Waals surface area (Å²) in [6.07, 6.45) is 1.74. The van der Waals surface area contributed by atoms with Crippen molar-refractivity contribution in [2.75, 3.05) is 11.1 Å². The highest BCUT2D eigenvalue weighted by molar-refractivity contribution is 7.99. The number of carbonyl (C=O) groups excluding carboxylic acids is 2. The van der Waals surface area contributed by atoms with E-state index in [0.29, 0.717) is 23.1 Å². The van der Waals surface area contributed by atoms with Gasteiger partial charge in [-0.1, -0.05) is 54.2 Å². The van der Waals surface area contributed by atoms with Crippen molar-refractivity contribution in [3.63, 3.8) is 0 Å². The standard InChI is InChI=1S/C24H27N5O2S/c1-5-14-29-22(18(4)25-23(31)19-12-8-6-10-16(19)2)27-28-24(29)32-15-21(30)26-20-13-9-7-11-17(20)3/h5-13,18H,1,14-15H2,2-4H3,(H,25,31)(H,26,30)/t18-/m0/s1. The van der Waals surface area contributed by atoms with Gasteiger partial charge in [-0.05, 0) is 44.0 Å². The highest BCUT2D eigenvalue weighted by Gasteiger charge is 2.21. The first-order valence-corrected chi connectivity index (χ1v) is 11.3. The third kappa shape index (κ3) is 5.64. The van der Waals surface area contributed by atoms with Crippen LogP contribution >= 0.6 is 11.8 Å². The fourth-order valence-electron chi connectivity index (χ4n) is 3.22. The summed E-state index contributed by atoms with van der Waals surface area (Å²) in [5.41, 5.74) is 3.32. The lowest BCUT2D eigenvalue weighted by atomic mass is 10.1. The van der Waals surface area contributed by atoms with Crippen LogP contribution < -0.4 is 10.6 Å². The van der Waals surface area contributed by atoms with Crippen LogP contribution in [0, 0.1) is 13.8 Å². The first-order chi connectivity index (χ1) is 15.4. The van der Waals surface area contributed by atoms with E-state index < -0.39 is 0 Å². The van der Waals surface area contributed by atoms with Gasteiger partial charge in [0, 0.05) is 17.8 Å². The lowest BCUT2D eigenvalue weighted by molar-refractivity contribution is -0.113. The number of nitrogens with zero attached hydrogens (tertiary/aromatic N) is 3. The van der Waals surface area contributed by atoms with Gasteiger partial charge in [0.05, 0.1) is 11.8 Å². The van der Waals surface area contributed by atoms with E-state index in [4.69, 9.17) is 0 Å². The Hall–Kier alpha value is -3.39. The van der Waals surface area contributed by atoms with Crippen molar-refractivity contribution in [1.82, 2.24) is 20.1 Å². The zero-order chi connectivity index (χ0) is 23.1. The first kappa shape index (κ1) is 23.3. The molecule has 2 amide bonds. The summed E-state index contributed by atoms with van der Waals surface area (Å²) in [5.74, 6) is 0.497. The maximum atomic E-state index is 12.7. The summed E-state index contributed by atoms with van der Waals surface area (Å²) in [6, 6.07) is 14.7. The van der Waals surface area contributed by atoms with Crippen molar-refractivity contribution in [3.8, 4) is 0 Å².